The van der Waals surface area contributed by atoms with Crippen molar-refractivity contribution in [3.8, 4) is 0 Å². The first kappa shape index (κ1) is 16.1. The van der Waals surface area contributed by atoms with Gasteiger partial charge >= 0.3 is 5.97 Å². The summed E-state index contributed by atoms with van der Waals surface area (Å²) in [6.45, 7) is 0.424. The molecule has 0 amide bonds. The highest BCUT2D eigenvalue weighted by Crippen LogP contribution is 2.16. The van der Waals surface area contributed by atoms with Crippen molar-refractivity contribution < 1.29 is 18.7 Å². The molecule has 1 aromatic heterocycles. The number of carbonyl (C=O) groups excluding carboxylic acids is 1. The minimum Gasteiger partial charge on any atom is -0.456 e. The first-order valence-corrected chi connectivity index (χ1v) is 7.41. The predicted molar refractivity (Wildman–Crippen MR) is 82.7 cm³/mol. The van der Waals surface area contributed by atoms with E-state index < -0.39 is 12.1 Å². The molecule has 0 unspecified atom stereocenters. The fourth-order valence-corrected chi connectivity index (χ4v) is 2.21. The number of esters is 1. The van der Waals surface area contributed by atoms with Crippen molar-refractivity contribution in [2.45, 2.75) is 25.6 Å². The maximum atomic E-state index is 12.9. The van der Waals surface area contributed by atoms with Crippen LogP contribution in [-0.4, -0.2) is 33.6 Å². The van der Waals surface area contributed by atoms with E-state index in [1.165, 1.54) is 24.3 Å². The first-order valence-electron chi connectivity index (χ1n) is 7.41. The number of anilines is 3. The van der Waals surface area contributed by atoms with E-state index in [0.29, 0.717) is 18.7 Å². The summed E-state index contributed by atoms with van der Waals surface area (Å²) >= 11 is 0. The third-order valence-electron chi connectivity index (χ3n) is 3.34. The molecule has 0 radical (unpaired) electrons. The highest BCUT2D eigenvalue weighted by Gasteiger charge is 2.25. The van der Waals surface area contributed by atoms with Crippen LogP contribution < -0.4 is 11.1 Å². The van der Waals surface area contributed by atoms with Gasteiger partial charge in [-0.2, -0.15) is 15.0 Å². The molecular weight excluding hydrogens is 317 g/mol. The lowest BCUT2D eigenvalue weighted by Gasteiger charge is -2.10. The van der Waals surface area contributed by atoms with Gasteiger partial charge in [-0.15, -0.1) is 0 Å². The molecule has 2 aromatic rings. The van der Waals surface area contributed by atoms with Gasteiger partial charge in [0.2, 0.25) is 11.9 Å². The Morgan fingerprint density at radius 1 is 1.33 bits per heavy atom. The Bertz CT molecular complexity index is 720. The Hall–Kier alpha value is -2.81. The lowest BCUT2D eigenvalue weighted by molar-refractivity contribution is -0.155. The van der Waals surface area contributed by atoms with Gasteiger partial charge in [-0.1, -0.05) is 0 Å². The van der Waals surface area contributed by atoms with Crippen molar-refractivity contribution in [1.82, 2.24) is 15.0 Å². The highest BCUT2D eigenvalue weighted by molar-refractivity contribution is 5.74. The molecule has 1 aromatic carbocycles. The Balaban J connectivity index is 1.64. The van der Waals surface area contributed by atoms with Crippen molar-refractivity contribution in [1.29, 1.82) is 0 Å². The van der Waals surface area contributed by atoms with E-state index in [2.05, 4.69) is 20.3 Å². The number of aromatic nitrogens is 3. The Morgan fingerprint density at radius 2 is 2.12 bits per heavy atom. The van der Waals surface area contributed by atoms with Gasteiger partial charge in [0.05, 0.1) is 0 Å². The number of rotatable bonds is 5. The predicted octanol–water partition coefficient (Wildman–Crippen LogP) is 1.56. The second-order valence-electron chi connectivity index (χ2n) is 5.17. The number of nitrogens with one attached hydrogen (secondary N) is 1. The topological polar surface area (TPSA) is 112 Å². The van der Waals surface area contributed by atoms with Crippen LogP contribution in [0.4, 0.5) is 22.0 Å². The van der Waals surface area contributed by atoms with E-state index in [1.54, 1.807) is 0 Å². The van der Waals surface area contributed by atoms with Crippen LogP contribution in [-0.2, 0) is 20.9 Å². The quantitative estimate of drug-likeness (QED) is 0.793. The van der Waals surface area contributed by atoms with Gasteiger partial charge in [0.25, 0.3) is 0 Å². The standard InChI is InChI=1S/C15H16FN5O3/c16-9-3-5-10(6-4-9)18-15-20-12(19-14(17)21-15)8-24-13(22)11-2-1-7-23-11/h3-6,11H,1-2,7-8H2,(H3,17,18,19,20,21)/t11-/m0/s1. The van der Waals surface area contributed by atoms with Crippen molar-refractivity contribution in [3.63, 3.8) is 0 Å². The zero-order valence-electron chi connectivity index (χ0n) is 12.7. The summed E-state index contributed by atoms with van der Waals surface area (Å²) < 4.78 is 23.3. The van der Waals surface area contributed by atoms with Crippen LogP contribution >= 0.6 is 0 Å². The molecule has 2 heterocycles. The van der Waals surface area contributed by atoms with Crippen molar-refractivity contribution >= 4 is 23.6 Å². The fourth-order valence-electron chi connectivity index (χ4n) is 2.21. The average Bonchev–Trinajstić information content (AvgIpc) is 3.09. The molecule has 9 heteroatoms. The fraction of sp³-hybridized carbons (Fsp3) is 0.333. The van der Waals surface area contributed by atoms with E-state index in [4.69, 9.17) is 15.2 Å². The largest absolute Gasteiger partial charge is 0.456 e. The number of ether oxygens (including phenoxy) is 2. The normalized spacial score (nSPS) is 16.8. The van der Waals surface area contributed by atoms with Crippen LogP contribution in [0.25, 0.3) is 0 Å². The maximum Gasteiger partial charge on any atom is 0.335 e. The Labute approximate surface area is 137 Å². The van der Waals surface area contributed by atoms with Gasteiger partial charge in [0.1, 0.15) is 5.82 Å². The van der Waals surface area contributed by atoms with Crippen LogP contribution in [0.2, 0.25) is 0 Å². The van der Waals surface area contributed by atoms with E-state index in [9.17, 15) is 9.18 Å². The van der Waals surface area contributed by atoms with Gasteiger partial charge in [-0.3, -0.25) is 0 Å². The first-order chi connectivity index (χ1) is 11.6. The molecular formula is C15H16FN5O3. The van der Waals surface area contributed by atoms with Crippen molar-refractivity contribution in [2.24, 2.45) is 0 Å². The minimum atomic E-state index is -0.527. The van der Waals surface area contributed by atoms with Crippen LogP contribution in [0, 0.1) is 5.82 Å². The molecule has 0 bridgehead atoms. The third kappa shape index (κ3) is 4.13. The zero-order valence-corrected chi connectivity index (χ0v) is 12.7. The summed E-state index contributed by atoms with van der Waals surface area (Å²) in [6, 6.07) is 5.67. The maximum absolute atomic E-state index is 12.9. The summed E-state index contributed by atoms with van der Waals surface area (Å²) in [6.07, 6.45) is 0.959. The van der Waals surface area contributed by atoms with E-state index in [1.807, 2.05) is 0 Å². The molecule has 126 valence electrons. The van der Waals surface area contributed by atoms with E-state index >= 15 is 0 Å². The molecule has 3 N–H and O–H groups in total. The summed E-state index contributed by atoms with van der Waals surface area (Å²) in [5.41, 5.74) is 6.23. The van der Waals surface area contributed by atoms with Gasteiger partial charge in [0, 0.05) is 12.3 Å². The van der Waals surface area contributed by atoms with Crippen LogP contribution in [0.5, 0.6) is 0 Å². The molecule has 3 rings (SSSR count). The van der Waals surface area contributed by atoms with Crippen molar-refractivity contribution in [3.05, 3.63) is 35.9 Å². The number of halogens is 1. The zero-order chi connectivity index (χ0) is 16.9. The highest BCUT2D eigenvalue weighted by atomic mass is 19.1. The number of nitrogens with two attached hydrogens (primary N) is 1. The molecule has 0 aliphatic carbocycles. The van der Waals surface area contributed by atoms with Crippen molar-refractivity contribution in [2.75, 3.05) is 17.7 Å². The second kappa shape index (κ2) is 7.18. The van der Waals surface area contributed by atoms with Crippen LogP contribution in [0.1, 0.15) is 18.7 Å². The van der Waals surface area contributed by atoms with Crippen LogP contribution in [0.3, 0.4) is 0 Å². The lowest BCUT2D eigenvalue weighted by Crippen LogP contribution is -2.22. The number of hydrogen-bond donors (Lipinski definition) is 2. The van der Waals surface area contributed by atoms with Crippen LogP contribution in [0.15, 0.2) is 24.3 Å². The summed E-state index contributed by atoms with van der Waals surface area (Å²) in [5.74, 6) is -0.425. The SMILES string of the molecule is Nc1nc(COC(=O)[C@@H]2CCCO2)nc(Nc2ccc(F)cc2)n1. The number of carbonyl (C=O) groups is 1. The molecule has 8 nitrogen and oxygen atoms in total. The molecule has 24 heavy (non-hydrogen) atoms. The lowest BCUT2D eigenvalue weighted by atomic mass is 10.2. The van der Waals surface area contributed by atoms with E-state index in [-0.39, 0.29) is 30.1 Å². The molecule has 1 atom stereocenters. The van der Waals surface area contributed by atoms with Gasteiger partial charge in [-0.05, 0) is 37.1 Å². The van der Waals surface area contributed by atoms with Gasteiger partial charge in [0.15, 0.2) is 18.5 Å². The molecule has 1 fully saturated rings. The summed E-state index contributed by atoms with van der Waals surface area (Å²) in [5, 5.41) is 2.88. The molecule has 1 saturated heterocycles. The molecule has 0 spiro atoms. The summed E-state index contributed by atoms with van der Waals surface area (Å²) in [4.78, 5) is 23.8. The number of benzene rings is 1. The van der Waals surface area contributed by atoms with E-state index in [0.717, 1.165) is 6.42 Å². The smallest absolute Gasteiger partial charge is 0.335 e. The molecule has 0 saturated carbocycles. The molecule has 1 aliphatic rings. The second-order valence-corrected chi connectivity index (χ2v) is 5.17. The number of hydrogen-bond acceptors (Lipinski definition) is 8. The third-order valence-corrected chi connectivity index (χ3v) is 3.34. The number of nitrogen functional groups attached to an aromatic ring is 1. The molecule has 1 aliphatic heterocycles. The van der Waals surface area contributed by atoms with Gasteiger partial charge in [-0.25, -0.2) is 9.18 Å². The average molecular weight is 333 g/mol. The van der Waals surface area contributed by atoms with Gasteiger partial charge < -0.3 is 20.5 Å². The Morgan fingerprint density at radius 3 is 2.83 bits per heavy atom. The monoisotopic (exact) mass is 333 g/mol. The Kier molecular flexibility index (Phi) is 4.80. The number of nitrogens with zero attached hydrogens (tertiary/aromatic N) is 3. The summed E-state index contributed by atoms with van der Waals surface area (Å²) in [7, 11) is 0. The minimum absolute atomic E-state index is 0.0159.